The second kappa shape index (κ2) is 4.44. The van der Waals surface area contributed by atoms with E-state index in [9.17, 15) is 4.79 Å². The summed E-state index contributed by atoms with van der Waals surface area (Å²) in [6.45, 7) is 0.753. The molecule has 1 saturated heterocycles. The number of carbonyl (C=O) groups excluding carboxylic acids is 1. The number of hydrogen-bond donors (Lipinski definition) is 2. The normalized spacial score (nSPS) is 20.9. The van der Waals surface area contributed by atoms with Crippen LogP contribution in [0.5, 0.6) is 0 Å². The first kappa shape index (κ1) is 10.2. The number of rotatable bonds is 2. The molecule has 1 aromatic heterocycles. The van der Waals surface area contributed by atoms with Crippen LogP contribution in [0.25, 0.3) is 0 Å². The minimum Gasteiger partial charge on any atom is -0.357 e. The van der Waals surface area contributed by atoms with Gasteiger partial charge in [0.2, 0.25) is 5.91 Å². The van der Waals surface area contributed by atoms with E-state index in [0.717, 1.165) is 19.4 Å². The molecule has 2 heterocycles. The van der Waals surface area contributed by atoms with Gasteiger partial charge in [0.15, 0.2) is 5.15 Å². The average molecular weight is 227 g/mol. The van der Waals surface area contributed by atoms with Crippen molar-refractivity contribution in [1.29, 1.82) is 0 Å². The lowest BCUT2D eigenvalue weighted by Crippen LogP contribution is -2.44. The number of amides is 1. The van der Waals surface area contributed by atoms with Crippen molar-refractivity contribution in [1.82, 2.24) is 15.5 Å². The monoisotopic (exact) mass is 226 g/mol. The number of aromatic nitrogens is 2. The van der Waals surface area contributed by atoms with Gasteiger partial charge in [-0.1, -0.05) is 11.6 Å². The Labute approximate surface area is 92.2 Å². The minimum absolute atomic E-state index is 0.0120. The van der Waals surface area contributed by atoms with E-state index in [1.807, 2.05) is 0 Å². The Bertz CT molecular complexity index is 354. The van der Waals surface area contributed by atoms with E-state index in [1.165, 1.54) is 0 Å². The lowest BCUT2D eigenvalue weighted by atomic mass is 10.1. The number of nitrogens with zero attached hydrogens (tertiary/aromatic N) is 2. The van der Waals surface area contributed by atoms with Crippen molar-refractivity contribution >= 4 is 23.3 Å². The Morgan fingerprint density at radius 2 is 2.33 bits per heavy atom. The largest absolute Gasteiger partial charge is 0.357 e. The fourth-order valence-corrected chi connectivity index (χ4v) is 1.58. The highest BCUT2D eigenvalue weighted by Gasteiger charge is 2.21. The van der Waals surface area contributed by atoms with Crippen LogP contribution in [0, 0.1) is 0 Å². The zero-order valence-electron chi connectivity index (χ0n) is 8.03. The summed E-state index contributed by atoms with van der Waals surface area (Å²) in [7, 11) is 0. The molecule has 5 nitrogen and oxygen atoms in total. The van der Waals surface area contributed by atoms with E-state index >= 15 is 0 Å². The number of piperidine rings is 1. The van der Waals surface area contributed by atoms with E-state index in [0.29, 0.717) is 11.0 Å². The maximum atomic E-state index is 11.4. The predicted octanol–water partition coefficient (Wildman–Crippen LogP) is 0.820. The molecular weight excluding hydrogens is 216 g/mol. The smallest absolute Gasteiger partial charge is 0.242 e. The number of nitrogens with one attached hydrogen (secondary N) is 2. The Morgan fingerprint density at radius 3 is 3.00 bits per heavy atom. The third kappa shape index (κ3) is 2.56. The topological polar surface area (TPSA) is 66.9 Å². The predicted molar refractivity (Wildman–Crippen MR) is 56.7 cm³/mol. The van der Waals surface area contributed by atoms with Crippen LogP contribution in [0.3, 0.4) is 0 Å². The third-order valence-electron chi connectivity index (χ3n) is 2.24. The lowest BCUT2D eigenvalue weighted by molar-refractivity contribution is -0.123. The molecule has 1 unspecified atom stereocenters. The van der Waals surface area contributed by atoms with Gasteiger partial charge in [0.05, 0.1) is 0 Å². The van der Waals surface area contributed by atoms with Gasteiger partial charge in [-0.15, -0.1) is 10.2 Å². The van der Waals surface area contributed by atoms with Crippen molar-refractivity contribution in [3.63, 3.8) is 0 Å². The fourth-order valence-electron chi connectivity index (χ4n) is 1.48. The molecule has 0 aromatic carbocycles. The van der Waals surface area contributed by atoms with Crippen LogP contribution in [-0.4, -0.2) is 28.7 Å². The summed E-state index contributed by atoms with van der Waals surface area (Å²) in [5.74, 6) is 0.583. The minimum atomic E-state index is -0.214. The molecule has 0 spiro atoms. The van der Waals surface area contributed by atoms with E-state index in [1.54, 1.807) is 12.1 Å². The summed E-state index contributed by atoms with van der Waals surface area (Å²) in [6, 6.07) is 3.13. The molecule has 80 valence electrons. The van der Waals surface area contributed by atoms with Crippen molar-refractivity contribution in [2.75, 3.05) is 11.9 Å². The van der Waals surface area contributed by atoms with Crippen molar-refractivity contribution in [2.45, 2.75) is 18.9 Å². The van der Waals surface area contributed by atoms with Gasteiger partial charge in [-0.25, -0.2) is 0 Å². The van der Waals surface area contributed by atoms with Crippen LogP contribution in [0.1, 0.15) is 12.8 Å². The number of hydrogen-bond acceptors (Lipinski definition) is 4. The highest BCUT2D eigenvalue weighted by molar-refractivity contribution is 6.29. The number of carbonyl (C=O) groups is 1. The highest BCUT2D eigenvalue weighted by atomic mass is 35.5. The lowest BCUT2D eigenvalue weighted by Gasteiger charge is -2.22. The van der Waals surface area contributed by atoms with Gasteiger partial charge >= 0.3 is 0 Å². The van der Waals surface area contributed by atoms with Crippen molar-refractivity contribution < 1.29 is 4.79 Å². The molecule has 0 radical (unpaired) electrons. The van der Waals surface area contributed by atoms with Crippen LogP contribution in [0.2, 0.25) is 5.15 Å². The van der Waals surface area contributed by atoms with Gasteiger partial charge in [0.25, 0.3) is 0 Å². The van der Waals surface area contributed by atoms with E-state index in [2.05, 4.69) is 20.8 Å². The zero-order chi connectivity index (χ0) is 10.7. The molecule has 1 fully saturated rings. The molecule has 6 heteroatoms. The van der Waals surface area contributed by atoms with Crippen molar-refractivity contribution in [2.24, 2.45) is 0 Å². The molecule has 2 rings (SSSR count). The standard InChI is InChI=1S/C9H11ClN4O/c10-7-3-4-8(14-13-7)12-6-2-1-5-11-9(6)15/h3-4,6H,1-2,5H2,(H,11,15)(H,12,14). The molecule has 2 N–H and O–H groups in total. The van der Waals surface area contributed by atoms with Gasteiger partial charge < -0.3 is 10.6 Å². The van der Waals surface area contributed by atoms with E-state index in [-0.39, 0.29) is 11.9 Å². The Balaban J connectivity index is 2.01. The van der Waals surface area contributed by atoms with Gasteiger partial charge in [0.1, 0.15) is 11.9 Å². The molecule has 15 heavy (non-hydrogen) atoms. The second-order valence-corrected chi connectivity index (χ2v) is 3.76. The van der Waals surface area contributed by atoms with E-state index in [4.69, 9.17) is 11.6 Å². The van der Waals surface area contributed by atoms with Crippen molar-refractivity contribution in [3.05, 3.63) is 17.3 Å². The first-order valence-corrected chi connectivity index (χ1v) is 5.17. The molecule has 1 atom stereocenters. The average Bonchev–Trinajstić information content (AvgIpc) is 2.25. The number of anilines is 1. The van der Waals surface area contributed by atoms with Gasteiger partial charge in [-0.2, -0.15) is 0 Å². The van der Waals surface area contributed by atoms with Crippen LogP contribution in [0.4, 0.5) is 5.82 Å². The maximum absolute atomic E-state index is 11.4. The molecule has 1 aliphatic heterocycles. The summed E-state index contributed by atoms with van der Waals surface area (Å²) in [4.78, 5) is 11.4. The quantitative estimate of drug-likeness (QED) is 0.784. The zero-order valence-corrected chi connectivity index (χ0v) is 8.79. The van der Waals surface area contributed by atoms with E-state index < -0.39 is 0 Å². The Morgan fingerprint density at radius 1 is 1.47 bits per heavy atom. The molecular formula is C9H11ClN4O. The Kier molecular flexibility index (Phi) is 3.01. The summed E-state index contributed by atoms with van der Waals surface area (Å²) in [5.41, 5.74) is 0. The first-order valence-electron chi connectivity index (χ1n) is 4.79. The molecule has 0 aliphatic carbocycles. The molecule has 0 bridgehead atoms. The van der Waals surface area contributed by atoms with Crippen LogP contribution in [0.15, 0.2) is 12.1 Å². The summed E-state index contributed by atoms with van der Waals surface area (Å²) in [6.07, 6.45) is 1.79. The molecule has 1 amide bonds. The summed E-state index contributed by atoms with van der Waals surface area (Å²) >= 11 is 5.60. The van der Waals surface area contributed by atoms with Crippen LogP contribution >= 0.6 is 11.6 Å². The van der Waals surface area contributed by atoms with Crippen LogP contribution < -0.4 is 10.6 Å². The van der Waals surface area contributed by atoms with Gasteiger partial charge in [-0.05, 0) is 25.0 Å². The van der Waals surface area contributed by atoms with Crippen molar-refractivity contribution in [3.8, 4) is 0 Å². The molecule has 0 saturated carbocycles. The Hall–Kier alpha value is -1.36. The SMILES string of the molecule is O=C1NCCCC1Nc1ccc(Cl)nn1. The summed E-state index contributed by atoms with van der Waals surface area (Å²) < 4.78 is 0. The third-order valence-corrected chi connectivity index (χ3v) is 2.44. The molecule has 1 aromatic rings. The highest BCUT2D eigenvalue weighted by Crippen LogP contribution is 2.11. The fraction of sp³-hybridized carbons (Fsp3) is 0.444. The van der Waals surface area contributed by atoms with Gasteiger partial charge in [0, 0.05) is 6.54 Å². The van der Waals surface area contributed by atoms with Gasteiger partial charge in [-0.3, -0.25) is 4.79 Å². The van der Waals surface area contributed by atoms with Crippen LogP contribution in [-0.2, 0) is 4.79 Å². The molecule has 1 aliphatic rings. The first-order chi connectivity index (χ1) is 7.25. The number of halogens is 1. The maximum Gasteiger partial charge on any atom is 0.242 e. The summed E-state index contributed by atoms with van der Waals surface area (Å²) in [5, 5.41) is 13.7. The second-order valence-electron chi connectivity index (χ2n) is 3.37.